The van der Waals surface area contributed by atoms with Gasteiger partial charge in [0.25, 0.3) is 5.91 Å². The fraction of sp³-hybridized carbons (Fsp3) is 0.391. The largest absolute Gasteiger partial charge is 0.496 e. The highest BCUT2D eigenvalue weighted by molar-refractivity contribution is 8.00. The zero-order valence-electron chi connectivity index (χ0n) is 18.8. The van der Waals surface area contributed by atoms with Crippen molar-refractivity contribution in [2.45, 2.75) is 43.5 Å². The SMILES string of the molecule is COc1cc(C(=O)N2C(c3nccs3)SCC2(Cc2cscn2)C(=O)O)ccc1C(C)(C)C. The lowest BCUT2D eigenvalue weighted by molar-refractivity contribution is -0.148. The Hall–Kier alpha value is -2.43. The van der Waals surface area contributed by atoms with Gasteiger partial charge < -0.3 is 14.7 Å². The Morgan fingerprint density at radius 2 is 2.09 bits per heavy atom. The number of carbonyl (C=O) groups excluding carboxylic acids is 1. The summed E-state index contributed by atoms with van der Waals surface area (Å²) in [5.41, 5.74) is 2.07. The van der Waals surface area contributed by atoms with Crippen LogP contribution >= 0.6 is 34.4 Å². The van der Waals surface area contributed by atoms with E-state index in [0.29, 0.717) is 22.0 Å². The highest BCUT2D eigenvalue weighted by Gasteiger charge is 2.56. The van der Waals surface area contributed by atoms with E-state index in [0.717, 1.165) is 5.56 Å². The summed E-state index contributed by atoms with van der Waals surface area (Å²) in [6, 6.07) is 5.35. The van der Waals surface area contributed by atoms with Crippen molar-refractivity contribution in [1.29, 1.82) is 0 Å². The van der Waals surface area contributed by atoms with Crippen LogP contribution in [-0.2, 0) is 16.6 Å². The molecule has 0 radical (unpaired) electrons. The Kier molecular flexibility index (Phi) is 6.52. The molecule has 1 fully saturated rings. The number of aromatic nitrogens is 2. The molecule has 0 spiro atoms. The third-order valence-corrected chi connectivity index (χ3v) is 8.68. The van der Waals surface area contributed by atoms with Crippen molar-refractivity contribution in [2.75, 3.05) is 12.9 Å². The average molecular weight is 504 g/mol. The van der Waals surface area contributed by atoms with Gasteiger partial charge in [0.15, 0.2) is 5.54 Å². The minimum atomic E-state index is -1.44. The number of methoxy groups -OCH3 is 1. The molecule has 1 N–H and O–H groups in total. The van der Waals surface area contributed by atoms with Gasteiger partial charge >= 0.3 is 5.97 Å². The molecule has 174 valence electrons. The van der Waals surface area contributed by atoms with Gasteiger partial charge in [0.05, 0.1) is 18.3 Å². The lowest BCUT2D eigenvalue weighted by atomic mass is 9.85. The summed E-state index contributed by atoms with van der Waals surface area (Å²) in [7, 11) is 1.58. The number of ether oxygens (including phenoxy) is 1. The van der Waals surface area contributed by atoms with Crippen LogP contribution in [0.15, 0.2) is 40.7 Å². The molecule has 0 saturated carbocycles. The second-order valence-electron chi connectivity index (χ2n) is 8.87. The molecule has 3 heterocycles. The van der Waals surface area contributed by atoms with Crippen molar-refractivity contribution in [3.05, 3.63) is 62.5 Å². The molecule has 2 atom stereocenters. The van der Waals surface area contributed by atoms with E-state index in [1.165, 1.54) is 39.3 Å². The molecule has 10 heteroatoms. The minimum Gasteiger partial charge on any atom is -0.496 e. The number of carboxylic acid groups (broad SMARTS) is 1. The van der Waals surface area contributed by atoms with Crippen molar-refractivity contribution in [3.63, 3.8) is 0 Å². The Morgan fingerprint density at radius 3 is 2.67 bits per heavy atom. The average Bonchev–Trinajstić information content (AvgIpc) is 3.53. The predicted molar refractivity (Wildman–Crippen MR) is 131 cm³/mol. The maximum absolute atomic E-state index is 14.0. The first-order chi connectivity index (χ1) is 15.7. The molecule has 1 aromatic carbocycles. The van der Waals surface area contributed by atoms with Gasteiger partial charge in [0.1, 0.15) is 16.1 Å². The minimum absolute atomic E-state index is 0.129. The molecule has 2 aromatic heterocycles. The normalized spacial score (nSPS) is 20.7. The quantitative estimate of drug-likeness (QED) is 0.513. The molecule has 1 aliphatic heterocycles. The first-order valence-corrected chi connectivity index (χ1v) is 13.2. The van der Waals surface area contributed by atoms with Gasteiger partial charge in [-0.15, -0.1) is 34.4 Å². The zero-order valence-corrected chi connectivity index (χ0v) is 21.2. The van der Waals surface area contributed by atoms with E-state index in [2.05, 4.69) is 30.7 Å². The van der Waals surface area contributed by atoms with Gasteiger partial charge in [0, 0.05) is 34.7 Å². The number of thiazole rings is 2. The summed E-state index contributed by atoms with van der Waals surface area (Å²) in [5, 5.41) is 14.3. The fourth-order valence-corrected chi connectivity index (χ4v) is 6.99. The van der Waals surface area contributed by atoms with E-state index in [4.69, 9.17) is 4.74 Å². The lowest BCUT2D eigenvalue weighted by Gasteiger charge is -2.36. The number of thioether (sulfide) groups is 1. The number of rotatable bonds is 6. The number of aliphatic carboxylic acids is 1. The Morgan fingerprint density at radius 1 is 1.30 bits per heavy atom. The number of hydrogen-bond acceptors (Lipinski definition) is 8. The monoisotopic (exact) mass is 503 g/mol. The van der Waals surface area contributed by atoms with Crippen LogP contribution in [0.4, 0.5) is 0 Å². The highest BCUT2D eigenvalue weighted by atomic mass is 32.2. The fourth-order valence-electron chi connectivity index (χ4n) is 4.01. The van der Waals surface area contributed by atoms with E-state index in [1.54, 1.807) is 30.9 Å². The summed E-state index contributed by atoms with van der Waals surface area (Å²) < 4.78 is 5.60. The lowest BCUT2D eigenvalue weighted by Crippen LogP contribution is -2.57. The van der Waals surface area contributed by atoms with Crippen molar-refractivity contribution < 1.29 is 19.4 Å². The van der Waals surface area contributed by atoms with Crippen LogP contribution in [0.25, 0.3) is 0 Å². The van der Waals surface area contributed by atoms with E-state index < -0.39 is 16.9 Å². The smallest absolute Gasteiger partial charge is 0.330 e. The van der Waals surface area contributed by atoms with E-state index in [9.17, 15) is 14.7 Å². The van der Waals surface area contributed by atoms with Gasteiger partial charge in [0.2, 0.25) is 0 Å². The predicted octanol–water partition coefficient (Wildman–Crippen LogP) is 4.86. The molecule has 7 nitrogen and oxygen atoms in total. The van der Waals surface area contributed by atoms with Crippen molar-refractivity contribution in [1.82, 2.24) is 14.9 Å². The number of benzene rings is 1. The molecule has 2 unspecified atom stereocenters. The number of nitrogens with zero attached hydrogens (tertiary/aromatic N) is 3. The number of carboxylic acids is 1. The summed E-state index contributed by atoms with van der Waals surface area (Å²) in [6.45, 7) is 6.22. The third kappa shape index (κ3) is 4.39. The molecule has 33 heavy (non-hydrogen) atoms. The van der Waals surface area contributed by atoms with Crippen LogP contribution in [0.5, 0.6) is 5.75 Å². The Labute approximate surface area is 204 Å². The summed E-state index contributed by atoms with van der Waals surface area (Å²) >= 11 is 4.24. The summed E-state index contributed by atoms with van der Waals surface area (Å²) in [6.07, 6.45) is 1.80. The Balaban J connectivity index is 1.82. The van der Waals surface area contributed by atoms with Crippen LogP contribution < -0.4 is 4.74 Å². The van der Waals surface area contributed by atoms with Gasteiger partial charge in [-0.3, -0.25) is 4.79 Å². The standard InChI is InChI=1S/C23H25N3O4S3/c1-22(2,3)16-6-5-14(9-17(16)30-4)19(27)26-20(18-24-7-8-32-18)33-12-23(26,21(28)29)10-15-11-31-13-25-15/h5-9,11,13,20H,10,12H2,1-4H3,(H,28,29). The van der Waals surface area contributed by atoms with E-state index in [-0.39, 0.29) is 23.5 Å². The van der Waals surface area contributed by atoms with Gasteiger partial charge in [-0.25, -0.2) is 14.8 Å². The van der Waals surface area contributed by atoms with Crippen molar-refractivity contribution >= 4 is 46.3 Å². The van der Waals surface area contributed by atoms with E-state index >= 15 is 0 Å². The number of hydrogen-bond donors (Lipinski definition) is 1. The van der Waals surface area contributed by atoms with Crippen molar-refractivity contribution in [2.24, 2.45) is 0 Å². The number of amides is 1. The summed E-state index contributed by atoms with van der Waals surface area (Å²) in [5.74, 6) is -0.566. The molecule has 1 aliphatic rings. The van der Waals surface area contributed by atoms with Gasteiger partial charge in [-0.2, -0.15) is 0 Å². The molecule has 4 rings (SSSR count). The summed E-state index contributed by atoms with van der Waals surface area (Å²) in [4.78, 5) is 36.9. The second kappa shape index (κ2) is 9.08. The maximum Gasteiger partial charge on any atom is 0.330 e. The Bertz CT molecular complexity index is 1140. The maximum atomic E-state index is 14.0. The topological polar surface area (TPSA) is 92.6 Å². The molecule has 1 saturated heterocycles. The van der Waals surface area contributed by atoms with Crippen LogP contribution in [0.1, 0.15) is 52.8 Å². The molecule has 0 bridgehead atoms. The van der Waals surface area contributed by atoms with Crippen LogP contribution in [0, 0.1) is 0 Å². The molecular formula is C23H25N3O4S3. The van der Waals surface area contributed by atoms with E-state index in [1.807, 2.05) is 16.8 Å². The molecule has 1 amide bonds. The third-order valence-electron chi connectivity index (χ3n) is 5.67. The van der Waals surface area contributed by atoms with Gasteiger partial charge in [-0.1, -0.05) is 26.8 Å². The highest BCUT2D eigenvalue weighted by Crippen LogP contribution is 2.49. The zero-order chi connectivity index (χ0) is 23.8. The number of carbonyl (C=O) groups is 2. The first kappa shape index (κ1) is 23.7. The first-order valence-electron chi connectivity index (χ1n) is 10.3. The molecule has 0 aliphatic carbocycles. The van der Waals surface area contributed by atoms with Crippen LogP contribution in [0.3, 0.4) is 0 Å². The van der Waals surface area contributed by atoms with Crippen LogP contribution in [-0.4, -0.2) is 50.3 Å². The second-order valence-corrected chi connectivity index (χ2v) is 11.6. The van der Waals surface area contributed by atoms with Crippen molar-refractivity contribution in [3.8, 4) is 5.75 Å². The molecule has 3 aromatic rings. The van der Waals surface area contributed by atoms with Crippen LogP contribution in [0.2, 0.25) is 0 Å². The molecular weight excluding hydrogens is 478 g/mol. The van der Waals surface area contributed by atoms with Gasteiger partial charge in [-0.05, 0) is 23.1 Å².